The molecule has 1 aromatic heterocycles. The molecule has 2 rings (SSSR count). The van der Waals surface area contributed by atoms with Crippen molar-refractivity contribution in [3.8, 4) is 0 Å². The van der Waals surface area contributed by atoms with Gasteiger partial charge in [-0.25, -0.2) is 0 Å². The minimum atomic E-state index is -0.386. The lowest BCUT2D eigenvalue weighted by atomic mass is 9.94. The maximum atomic E-state index is 12.9. The molecule has 0 aliphatic rings. The summed E-state index contributed by atoms with van der Waals surface area (Å²) in [6.45, 7) is 10.2. The molecule has 0 aliphatic heterocycles. The summed E-state index contributed by atoms with van der Waals surface area (Å²) in [5.41, 5.74) is 11.4. The molecular weight excluding hydrogens is 272 g/mol. The number of aryl methyl sites for hydroxylation is 3. The lowest BCUT2D eigenvalue weighted by Crippen LogP contribution is -2.31. The molecule has 3 nitrogen and oxygen atoms in total. The van der Waals surface area contributed by atoms with Crippen LogP contribution < -0.4 is 11.3 Å². The third-order valence-corrected chi connectivity index (χ3v) is 4.49. The van der Waals surface area contributed by atoms with E-state index in [0.717, 1.165) is 28.8 Å². The Kier molecular flexibility index (Phi) is 4.87. The standard InChI is InChI=1S/C19H26N2O/c1-6-14(4)21-15(5)9-10-16(19(21)22)18(20)17-11-12(2)7-8-13(17)3/h7-11,14,18H,6,20H2,1-5H3. The molecule has 0 amide bonds. The summed E-state index contributed by atoms with van der Waals surface area (Å²) in [7, 11) is 0. The van der Waals surface area contributed by atoms with Gasteiger partial charge in [0.1, 0.15) is 0 Å². The normalized spacial score (nSPS) is 13.9. The first-order valence-corrected chi connectivity index (χ1v) is 7.91. The molecule has 0 aliphatic carbocycles. The van der Waals surface area contributed by atoms with Gasteiger partial charge in [0.05, 0.1) is 6.04 Å². The van der Waals surface area contributed by atoms with Crippen molar-refractivity contribution in [3.05, 3.63) is 68.6 Å². The Balaban J connectivity index is 2.58. The van der Waals surface area contributed by atoms with Crippen molar-refractivity contribution in [3.63, 3.8) is 0 Å². The number of pyridine rings is 1. The molecule has 22 heavy (non-hydrogen) atoms. The SMILES string of the molecule is CCC(C)n1c(C)ccc(C(N)c2cc(C)ccc2C)c1=O. The first kappa shape index (κ1) is 16.5. The van der Waals surface area contributed by atoms with Gasteiger partial charge in [-0.2, -0.15) is 0 Å². The fourth-order valence-corrected chi connectivity index (χ4v) is 2.89. The molecule has 0 fully saturated rings. The van der Waals surface area contributed by atoms with Crippen molar-refractivity contribution in [2.45, 2.75) is 53.1 Å². The van der Waals surface area contributed by atoms with E-state index in [1.165, 1.54) is 0 Å². The molecule has 0 radical (unpaired) electrons. The number of hydrogen-bond acceptors (Lipinski definition) is 2. The summed E-state index contributed by atoms with van der Waals surface area (Å²) in [5, 5.41) is 0. The minimum absolute atomic E-state index is 0.0303. The molecule has 2 N–H and O–H groups in total. The third kappa shape index (κ3) is 3.00. The van der Waals surface area contributed by atoms with Crippen molar-refractivity contribution < 1.29 is 0 Å². The summed E-state index contributed by atoms with van der Waals surface area (Å²) >= 11 is 0. The monoisotopic (exact) mass is 298 g/mol. The van der Waals surface area contributed by atoms with Crippen molar-refractivity contribution in [2.24, 2.45) is 5.73 Å². The Morgan fingerprint density at radius 3 is 2.41 bits per heavy atom. The highest BCUT2D eigenvalue weighted by Gasteiger charge is 2.18. The quantitative estimate of drug-likeness (QED) is 0.933. The Hall–Kier alpha value is -1.87. The molecule has 118 valence electrons. The van der Waals surface area contributed by atoms with Crippen LogP contribution in [0.15, 0.2) is 35.1 Å². The average molecular weight is 298 g/mol. The molecule has 0 spiro atoms. The Bertz CT molecular complexity index is 731. The number of rotatable bonds is 4. The predicted molar refractivity (Wildman–Crippen MR) is 92.4 cm³/mol. The first-order chi connectivity index (χ1) is 10.4. The van der Waals surface area contributed by atoms with Gasteiger partial charge in [-0.3, -0.25) is 4.79 Å². The van der Waals surface area contributed by atoms with Crippen LogP contribution >= 0.6 is 0 Å². The number of nitrogens with two attached hydrogens (primary N) is 1. The molecule has 2 aromatic rings. The maximum Gasteiger partial charge on any atom is 0.256 e. The van der Waals surface area contributed by atoms with Crippen molar-refractivity contribution in [1.29, 1.82) is 0 Å². The highest BCUT2D eigenvalue weighted by atomic mass is 16.1. The van der Waals surface area contributed by atoms with E-state index in [4.69, 9.17) is 5.73 Å². The van der Waals surface area contributed by atoms with Crippen LogP contribution in [0.2, 0.25) is 0 Å². The summed E-state index contributed by atoms with van der Waals surface area (Å²) in [6.07, 6.45) is 0.920. The minimum Gasteiger partial charge on any atom is -0.320 e. The summed E-state index contributed by atoms with van der Waals surface area (Å²) in [4.78, 5) is 12.9. The molecule has 0 bridgehead atoms. The van der Waals surface area contributed by atoms with E-state index in [9.17, 15) is 4.79 Å². The van der Waals surface area contributed by atoms with Gasteiger partial charge in [0, 0.05) is 17.3 Å². The Morgan fingerprint density at radius 1 is 1.09 bits per heavy atom. The van der Waals surface area contributed by atoms with Gasteiger partial charge >= 0.3 is 0 Å². The first-order valence-electron chi connectivity index (χ1n) is 7.91. The third-order valence-electron chi connectivity index (χ3n) is 4.49. The smallest absolute Gasteiger partial charge is 0.256 e. The van der Waals surface area contributed by atoms with Crippen LogP contribution in [0.1, 0.15) is 60.3 Å². The van der Waals surface area contributed by atoms with Crippen LogP contribution in [0.5, 0.6) is 0 Å². The zero-order valence-electron chi connectivity index (χ0n) is 14.2. The van der Waals surface area contributed by atoms with E-state index in [0.29, 0.717) is 5.56 Å². The number of benzene rings is 1. The zero-order valence-corrected chi connectivity index (χ0v) is 14.2. The number of nitrogens with zero attached hydrogens (tertiary/aromatic N) is 1. The molecular formula is C19H26N2O. The van der Waals surface area contributed by atoms with Crippen LogP contribution in [0, 0.1) is 20.8 Å². The van der Waals surface area contributed by atoms with Crippen molar-refractivity contribution in [1.82, 2.24) is 4.57 Å². The fraction of sp³-hybridized carbons (Fsp3) is 0.421. The summed E-state index contributed by atoms with van der Waals surface area (Å²) in [6, 6.07) is 9.87. The zero-order chi connectivity index (χ0) is 16.4. The largest absolute Gasteiger partial charge is 0.320 e. The lowest BCUT2D eigenvalue weighted by Gasteiger charge is -2.21. The Labute approximate surface area is 132 Å². The van der Waals surface area contributed by atoms with Gasteiger partial charge in [-0.15, -0.1) is 0 Å². The van der Waals surface area contributed by atoms with E-state index in [2.05, 4.69) is 32.0 Å². The topological polar surface area (TPSA) is 48.0 Å². The van der Waals surface area contributed by atoms with Gasteiger partial charge in [0.2, 0.25) is 0 Å². The van der Waals surface area contributed by atoms with E-state index in [1.807, 2.05) is 37.5 Å². The average Bonchev–Trinajstić information content (AvgIpc) is 2.49. The molecule has 2 unspecified atom stereocenters. The van der Waals surface area contributed by atoms with Crippen LogP contribution in [0.4, 0.5) is 0 Å². The second-order valence-corrected chi connectivity index (χ2v) is 6.20. The van der Waals surface area contributed by atoms with Gasteiger partial charge in [0.15, 0.2) is 0 Å². The Morgan fingerprint density at radius 2 is 1.77 bits per heavy atom. The second kappa shape index (κ2) is 6.49. The number of aromatic nitrogens is 1. The van der Waals surface area contributed by atoms with Gasteiger partial charge in [0.25, 0.3) is 5.56 Å². The molecule has 1 heterocycles. The molecule has 1 aromatic carbocycles. The highest BCUT2D eigenvalue weighted by Crippen LogP contribution is 2.23. The van der Waals surface area contributed by atoms with Gasteiger partial charge in [-0.1, -0.05) is 30.7 Å². The molecule has 3 heteroatoms. The predicted octanol–water partition coefficient (Wildman–Crippen LogP) is 3.79. The van der Waals surface area contributed by atoms with E-state index < -0.39 is 0 Å². The van der Waals surface area contributed by atoms with Crippen LogP contribution in [0.25, 0.3) is 0 Å². The van der Waals surface area contributed by atoms with Crippen LogP contribution in [-0.2, 0) is 0 Å². The van der Waals surface area contributed by atoms with Gasteiger partial charge in [-0.05, 0) is 57.4 Å². The lowest BCUT2D eigenvalue weighted by molar-refractivity contribution is 0.497. The van der Waals surface area contributed by atoms with Crippen molar-refractivity contribution >= 4 is 0 Å². The van der Waals surface area contributed by atoms with Crippen LogP contribution in [0.3, 0.4) is 0 Å². The van der Waals surface area contributed by atoms with E-state index >= 15 is 0 Å². The van der Waals surface area contributed by atoms with E-state index in [-0.39, 0.29) is 17.6 Å². The number of hydrogen-bond donors (Lipinski definition) is 1. The fourth-order valence-electron chi connectivity index (χ4n) is 2.89. The van der Waals surface area contributed by atoms with E-state index in [1.54, 1.807) is 0 Å². The maximum absolute atomic E-state index is 12.9. The van der Waals surface area contributed by atoms with Gasteiger partial charge < -0.3 is 10.3 Å². The highest BCUT2D eigenvalue weighted by molar-refractivity contribution is 5.38. The molecule has 2 atom stereocenters. The molecule has 0 saturated carbocycles. The van der Waals surface area contributed by atoms with Crippen LogP contribution in [-0.4, -0.2) is 4.57 Å². The van der Waals surface area contributed by atoms with Crippen molar-refractivity contribution in [2.75, 3.05) is 0 Å². The summed E-state index contributed by atoms with van der Waals surface area (Å²) in [5.74, 6) is 0. The second-order valence-electron chi connectivity index (χ2n) is 6.20. The summed E-state index contributed by atoms with van der Waals surface area (Å²) < 4.78 is 1.86. The molecule has 0 saturated heterocycles.